The summed E-state index contributed by atoms with van der Waals surface area (Å²) in [5.74, 6) is 0.273. The Labute approximate surface area is 117 Å². The minimum absolute atomic E-state index is 0.273. The van der Waals surface area contributed by atoms with E-state index in [4.69, 9.17) is 5.73 Å². The zero-order chi connectivity index (χ0) is 14.5. The normalized spacial score (nSPS) is 10.1. The molecular weight excluding hydrogens is 254 g/mol. The Bertz CT molecular complexity index is 609. The Morgan fingerprint density at radius 3 is 2.45 bits per heavy atom. The van der Waals surface area contributed by atoms with Crippen LogP contribution >= 0.6 is 0 Å². The highest BCUT2D eigenvalue weighted by atomic mass is 16.3. The van der Waals surface area contributed by atoms with Crippen molar-refractivity contribution in [1.29, 1.82) is 0 Å². The van der Waals surface area contributed by atoms with Crippen molar-refractivity contribution < 1.29 is 9.90 Å². The number of carbonyl (C=O) groups excluding carboxylic acids is 1. The van der Waals surface area contributed by atoms with Crippen LogP contribution in [0.25, 0.3) is 0 Å². The number of aromatic hydroxyl groups is 1. The summed E-state index contributed by atoms with van der Waals surface area (Å²) >= 11 is 0. The van der Waals surface area contributed by atoms with Crippen molar-refractivity contribution in [2.75, 3.05) is 10.6 Å². The molecule has 104 valence electrons. The van der Waals surface area contributed by atoms with Crippen LogP contribution < -0.4 is 16.4 Å². The van der Waals surface area contributed by atoms with E-state index in [0.29, 0.717) is 12.2 Å². The molecule has 0 saturated carbocycles. The molecule has 5 heteroatoms. The molecule has 0 unspecified atom stereocenters. The molecule has 5 N–H and O–H groups in total. The summed E-state index contributed by atoms with van der Waals surface area (Å²) in [5, 5.41) is 15.5. The maximum atomic E-state index is 10.7. The summed E-state index contributed by atoms with van der Waals surface area (Å²) < 4.78 is 0. The lowest BCUT2D eigenvalue weighted by atomic mass is 10.1. The third kappa shape index (κ3) is 3.65. The van der Waals surface area contributed by atoms with Gasteiger partial charge in [-0.15, -0.1) is 0 Å². The second kappa shape index (κ2) is 5.97. The monoisotopic (exact) mass is 271 g/mol. The maximum Gasteiger partial charge on any atom is 0.316 e. The van der Waals surface area contributed by atoms with E-state index in [0.717, 1.165) is 16.8 Å². The van der Waals surface area contributed by atoms with E-state index in [1.54, 1.807) is 18.2 Å². The predicted octanol–water partition coefficient (Wildman–Crippen LogP) is 2.80. The summed E-state index contributed by atoms with van der Waals surface area (Å²) in [4.78, 5) is 10.7. The van der Waals surface area contributed by atoms with Crippen molar-refractivity contribution in [2.45, 2.75) is 13.5 Å². The summed E-state index contributed by atoms with van der Waals surface area (Å²) in [5.41, 5.74) is 8.50. The Balaban J connectivity index is 2.00. The van der Waals surface area contributed by atoms with E-state index >= 15 is 0 Å². The minimum Gasteiger partial charge on any atom is -0.508 e. The molecule has 0 bridgehead atoms. The quantitative estimate of drug-likeness (QED) is 0.689. The Hall–Kier alpha value is -2.69. The van der Waals surface area contributed by atoms with Gasteiger partial charge in [0.25, 0.3) is 0 Å². The molecule has 2 aromatic carbocycles. The van der Waals surface area contributed by atoms with Crippen molar-refractivity contribution in [3.63, 3.8) is 0 Å². The average molecular weight is 271 g/mol. The van der Waals surface area contributed by atoms with Crippen molar-refractivity contribution in [1.82, 2.24) is 0 Å². The molecule has 20 heavy (non-hydrogen) atoms. The lowest BCUT2D eigenvalue weighted by Crippen LogP contribution is -2.19. The Morgan fingerprint density at radius 2 is 1.80 bits per heavy atom. The molecule has 0 aliphatic carbocycles. The van der Waals surface area contributed by atoms with E-state index in [2.05, 4.69) is 10.6 Å². The van der Waals surface area contributed by atoms with Gasteiger partial charge in [0.1, 0.15) is 5.75 Å². The maximum absolute atomic E-state index is 10.7. The molecule has 0 spiro atoms. The van der Waals surface area contributed by atoms with Crippen molar-refractivity contribution in [3.8, 4) is 5.75 Å². The van der Waals surface area contributed by atoms with Crippen molar-refractivity contribution in [2.24, 2.45) is 5.73 Å². The zero-order valence-electron chi connectivity index (χ0n) is 11.2. The lowest BCUT2D eigenvalue weighted by Gasteiger charge is -2.10. The van der Waals surface area contributed by atoms with E-state index in [1.165, 1.54) is 0 Å². The van der Waals surface area contributed by atoms with Gasteiger partial charge < -0.3 is 21.5 Å². The van der Waals surface area contributed by atoms with Crippen LogP contribution in [0.15, 0.2) is 42.5 Å². The van der Waals surface area contributed by atoms with Crippen LogP contribution in [0.5, 0.6) is 5.75 Å². The third-order valence-electron chi connectivity index (χ3n) is 2.87. The number of hydrogen-bond acceptors (Lipinski definition) is 3. The number of benzene rings is 2. The summed E-state index contributed by atoms with van der Waals surface area (Å²) in [6.45, 7) is 2.50. The molecule has 0 saturated heterocycles. The van der Waals surface area contributed by atoms with Gasteiger partial charge >= 0.3 is 6.03 Å². The minimum atomic E-state index is -0.588. The molecule has 2 amide bonds. The standard InChI is InChI=1S/C15H17N3O2/c1-10-2-7-14(19)11(8-10)9-17-12-3-5-13(6-4-12)18-15(16)20/h2-8,17,19H,9H2,1H3,(H3,16,18,20). The van der Waals surface area contributed by atoms with Gasteiger partial charge in [-0.2, -0.15) is 0 Å². The van der Waals surface area contributed by atoms with Gasteiger partial charge in [0, 0.05) is 23.5 Å². The first-order valence-electron chi connectivity index (χ1n) is 6.23. The van der Waals surface area contributed by atoms with Gasteiger partial charge in [0.2, 0.25) is 0 Å². The summed E-state index contributed by atoms with van der Waals surface area (Å²) in [6, 6.07) is 12.1. The molecule has 0 fully saturated rings. The molecule has 0 aromatic heterocycles. The fourth-order valence-corrected chi connectivity index (χ4v) is 1.87. The summed E-state index contributed by atoms with van der Waals surface area (Å²) in [6.07, 6.45) is 0. The average Bonchev–Trinajstić information content (AvgIpc) is 2.41. The highest BCUT2D eigenvalue weighted by Crippen LogP contribution is 2.20. The first-order valence-corrected chi connectivity index (χ1v) is 6.23. The van der Waals surface area contributed by atoms with Crippen molar-refractivity contribution in [3.05, 3.63) is 53.6 Å². The van der Waals surface area contributed by atoms with Crippen LogP contribution in [0.4, 0.5) is 16.2 Å². The number of rotatable bonds is 4. The first-order chi connectivity index (χ1) is 9.54. The fourth-order valence-electron chi connectivity index (χ4n) is 1.87. The number of carbonyl (C=O) groups is 1. The molecule has 2 rings (SSSR count). The van der Waals surface area contributed by atoms with Gasteiger partial charge in [-0.25, -0.2) is 4.79 Å². The number of urea groups is 1. The highest BCUT2D eigenvalue weighted by molar-refractivity contribution is 5.87. The van der Waals surface area contributed by atoms with Gasteiger partial charge in [0.05, 0.1) is 0 Å². The van der Waals surface area contributed by atoms with Gasteiger partial charge in [-0.1, -0.05) is 17.7 Å². The first kappa shape index (κ1) is 13.7. The van der Waals surface area contributed by atoms with Crippen LogP contribution in [-0.4, -0.2) is 11.1 Å². The van der Waals surface area contributed by atoms with Crippen LogP contribution in [0.1, 0.15) is 11.1 Å². The fraction of sp³-hybridized carbons (Fsp3) is 0.133. The van der Waals surface area contributed by atoms with Gasteiger partial charge in [-0.3, -0.25) is 0 Å². The predicted molar refractivity (Wildman–Crippen MR) is 79.8 cm³/mol. The Kier molecular flexibility index (Phi) is 4.10. The number of hydrogen-bond donors (Lipinski definition) is 4. The van der Waals surface area contributed by atoms with Crippen LogP contribution in [0.3, 0.4) is 0 Å². The SMILES string of the molecule is Cc1ccc(O)c(CNc2ccc(NC(N)=O)cc2)c1. The van der Waals surface area contributed by atoms with Crippen LogP contribution in [0, 0.1) is 6.92 Å². The molecule has 0 atom stereocenters. The number of nitrogens with two attached hydrogens (primary N) is 1. The molecular formula is C15H17N3O2. The van der Waals surface area contributed by atoms with Gasteiger partial charge in [0.15, 0.2) is 0 Å². The number of aryl methyl sites for hydroxylation is 1. The number of anilines is 2. The van der Waals surface area contributed by atoms with Gasteiger partial charge in [-0.05, 0) is 37.3 Å². The number of primary amides is 1. The smallest absolute Gasteiger partial charge is 0.316 e. The molecule has 0 radical (unpaired) electrons. The highest BCUT2D eigenvalue weighted by Gasteiger charge is 2.02. The van der Waals surface area contributed by atoms with Crippen LogP contribution in [0.2, 0.25) is 0 Å². The molecule has 0 aliphatic rings. The number of amides is 2. The number of phenols is 1. The second-order valence-corrected chi connectivity index (χ2v) is 4.55. The third-order valence-corrected chi connectivity index (χ3v) is 2.87. The van der Waals surface area contributed by atoms with Crippen molar-refractivity contribution >= 4 is 17.4 Å². The van der Waals surface area contributed by atoms with E-state index in [-0.39, 0.29) is 5.75 Å². The second-order valence-electron chi connectivity index (χ2n) is 4.55. The largest absolute Gasteiger partial charge is 0.508 e. The van der Waals surface area contributed by atoms with Crippen LogP contribution in [-0.2, 0) is 6.54 Å². The molecule has 0 aliphatic heterocycles. The topological polar surface area (TPSA) is 87.4 Å². The lowest BCUT2D eigenvalue weighted by molar-refractivity contribution is 0.259. The van der Waals surface area contributed by atoms with E-state index in [1.807, 2.05) is 31.2 Å². The molecule has 2 aromatic rings. The number of phenolic OH excluding ortho intramolecular Hbond substituents is 1. The zero-order valence-corrected chi connectivity index (χ0v) is 11.2. The molecule has 5 nitrogen and oxygen atoms in total. The summed E-state index contributed by atoms with van der Waals surface area (Å²) in [7, 11) is 0. The van der Waals surface area contributed by atoms with E-state index < -0.39 is 6.03 Å². The molecule has 0 heterocycles. The number of nitrogens with one attached hydrogen (secondary N) is 2. The Morgan fingerprint density at radius 1 is 1.15 bits per heavy atom. The van der Waals surface area contributed by atoms with E-state index in [9.17, 15) is 9.90 Å².